The maximum atomic E-state index is 11.6. The Hall–Kier alpha value is -0.890. The van der Waals surface area contributed by atoms with Crippen molar-refractivity contribution in [2.24, 2.45) is 0 Å². The van der Waals surface area contributed by atoms with Gasteiger partial charge >= 0.3 is 0 Å². The molecule has 0 unspecified atom stereocenters. The Morgan fingerprint density at radius 1 is 1.44 bits per heavy atom. The van der Waals surface area contributed by atoms with Gasteiger partial charge in [-0.1, -0.05) is 23.2 Å². The van der Waals surface area contributed by atoms with Gasteiger partial charge in [-0.3, -0.25) is 4.79 Å². The molecule has 6 heteroatoms. The smallest absolute Gasteiger partial charge is 0.234 e. The molecule has 0 aromatic heterocycles. The van der Waals surface area contributed by atoms with E-state index in [1.807, 2.05) is 0 Å². The van der Waals surface area contributed by atoms with Crippen molar-refractivity contribution in [3.63, 3.8) is 0 Å². The fourth-order valence-electron chi connectivity index (χ4n) is 1.20. The number of nitrogens with zero attached hydrogens (tertiary/aromatic N) is 1. The summed E-state index contributed by atoms with van der Waals surface area (Å²) in [6.07, 6.45) is 1.33. The standard InChI is InChI=1S/C12H12Cl2N2OS/c13-9-3-4-11(10(14)7-9)16-12(17)8-18-6-2-1-5-15/h3-4,7H,1-2,6,8H2,(H,16,17). The number of carbonyl (C=O) groups excluding carboxylic acids is 1. The summed E-state index contributed by atoms with van der Waals surface area (Å²) in [6, 6.07) is 6.99. The van der Waals surface area contributed by atoms with Crippen LogP contribution < -0.4 is 5.32 Å². The number of carbonyl (C=O) groups is 1. The van der Waals surface area contributed by atoms with Crippen molar-refractivity contribution in [1.29, 1.82) is 5.26 Å². The molecular weight excluding hydrogens is 291 g/mol. The van der Waals surface area contributed by atoms with Gasteiger partial charge in [0.05, 0.1) is 22.5 Å². The Bertz CT molecular complexity index is 460. The number of hydrogen-bond donors (Lipinski definition) is 1. The second-order valence-electron chi connectivity index (χ2n) is 3.49. The number of hydrogen-bond acceptors (Lipinski definition) is 3. The lowest BCUT2D eigenvalue weighted by molar-refractivity contribution is -0.113. The lowest BCUT2D eigenvalue weighted by Crippen LogP contribution is -2.14. The highest BCUT2D eigenvalue weighted by Gasteiger charge is 2.06. The van der Waals surface area contributed by atoms with Crippen molar-refractivity contribution in [3.8, 4) is 6.07 Å². The van der Waals surface area contributed by atoms with Gasteiger partial charge in [0, 0.05) is 11.4 Å². The van der Waals surface area contributed by atoms with Gasteiger partial charge in [-0.2, -0.15) is 17.0 Å². The number of thioether (sulfide) groups is 1. The van der Waals surface area contributed by atoms with Gasteiger partial charge in [0.25, 0.3) is 0 Å². The van der Waals surface area contributed by atoms with E-state index >= 15 is 0 Å². The van der Waals surface area contributed by atoms with Crippen molar-refractivity contribution in [3.05, 3.63) is 28.2 Å². The summed E-state index contributed by atoms with van der Waals surface area (Å²) in [7, 11) is 0. The van der Waals surface area contributed by atoms with Gasteiger partial charge in [0.1, 0.15) is 0 Å². The molecule has 0 radical (unpaired) electrons. The van der Waals surface area contributed by atoms with Crippen LogP contribution in [-0.2, 0) is 4.79 Å². The number of halogens is 2. The van der Waals surface area contributed by atoms with Gasteiger partial charge in [0.2, 0.25) is 5.91 Å². The lowest BCUT2D eigenvalue weighted by Gasteiger charge is -2.07. The number of anilines is 1. The average molecular weight is 303 g/mol. The first-order chi connectivity index (χ1) is 8.63. The number of nitrogens with one attached hydrogen (secondary N) is 1. The van der Waals surface area contributed by atoms with Crippen molar-refractivity contribution < 1.29 is 4.79 Å². The highest BCUT2D eigenvalue weighted by Crippen LogP contribution is 2.25. The van der Waals surface area contributed by atoms with E-state index in [-0.39, 0.29) is 5.91 Å². The molecule has 1 aromatic carbocycles. The van der Waals surface area contributed by atoms with Crippen molar-refractivity contribution >= 4 is 46.6 Å². The molecule has 1 N–H and O–H groups in total. The molecule has 0 aliphatic rings. The minimum atomic E-state index is -0.110. The van der Waals surface area contributed by atoms with Crippen LogP contribution in [0.25, 0.3) is 0 Å². The Kier molecular flexibility index (Phi) is 6.96. The zero-order valence-corrected chi connectivity index (χ0v) is 11.9. The summed E-state index contributed by atoms with van der Waals surface area (Å²) in [5, 5.41) is 12.0. The molecule has 3 nitrogen and oxygen atoms in total. The van der Waals surface area contributed by atoms with E-state index in [0.29, 0.717) is 27.9 Å². The zero-order valence-electron chi connectivity index (χ0n) is 9.58. The van der Waals surface area contributed by atoms with E-state index in [2.05, 4.69) is 11.4 Å². The molecule has 1 aromatic rings. The first-order valence-corrected chi connectivity index (χ1v) is 7.24. The van der Waals surface area contributed by atoms with E-state index in [9.17, 15) is 4.79 Å². The van der Waals surface area contributed by atoms with Crippen LogP contribution in [0.1, 0.15) is 12.8 Å². The Labute approximate surface area is 120 Å². The molecule has 18 heavy (non-hydrogen) atoms. The Morgan fingerprint density at radius 3 is 2.89 bits per heavy atom. The highest BCUT2D eigenvalue weighted by atomic mass is 35.5. The third kappa shape index (κ3) is 5.63. The number of benzene rings is 1. The number of amides is 1. The molecule has 0 fully saturated rings. The highest BCUT2D eigenvalue weighted by molar-refractivity contribution is 7.99. The summed E-state index contributed by atoms with van der Waals surface area (Å²) < 4.78 is 0. The topological polar surface area (TPSA) is 52.9 Å². The van der Waals surface area contributed by atoms with Crippen LogP contribution in [0.4, 0.5) is 5.69 Å². The van der Waals surface area contributed by atoms with E-state index in [1.165, 1.54) is 11.8 Å². The lowest BCUT2D eigenvalue weighted by atomic mass is 10.3. The minimum absolute atomic E-state index is 0.110. The molecule has 0 aliphatic heterocycles. The first-order valence-electron chi connectivity index (χ1n) is 5.33. The molecule has 0 aliphatic carbocycles. The monoisotopic (exact) mass is 302 g/mol. The number of nitriles is 1. The Morgan fingerprint density at radius 2 is 2.22 bits per heavy atom. The van der Waals surface area contributed by atoms with Crippen LogP contribution in [0.15, 0.2) is 18.2 Å². The normalized spacial score (nSPS) is 9.83. The fourth-order valence-corrected chi connectivity index (χ4v) is 2.40. The molecule has 1 amide bonds. The summed E-state index contributed by atoms with van der Waals surface area (Å²) in [5.74, 6) is 1.04. The molecular formula is C12H12Cl2N2OS. The third-order valence-electron chi connectivity index (χ3n) is 2.02. The van der Waals surface area contributed by atoms with Crippen molar-refractivity contribution in [1.82, 2.24) is 0 Å². The molecule has 0 spiro atoms. The van der Waals surface area contributed by atoms with Crippen LogP contribution >= 0.6 is 35.0 Å². The van der Waals surface area contributed by atoms with Crippen molar-refractivity contribution in [2.45, 2.75) is 12.8 Å². The quantitative estimate of drug-likeness (QED) is 0.809. The molecule has 0 saturated carbocycles. The van der Waals surface area contributed by atoms with E-state index < -0.39 is 0 Å². The second-order valence-corrected chi connectivity index (χ2v) is 5.44. The summed E-state index contributed by atoms with van der Waals surface area (Å²) in [5.41, 5.74) is 0.559. The molecule has 0 heterocycles. The predicted octanol–water partition coefficient (Wildman–Crippen LogP) is 3.97. The molecule has 0 atom stereocenters. The summed E-state index contributed by atoms with van der Waals surface area (Å²) >= 11 is 13.2. The largest absolute Gasteiger partial charge is 0.324 e. The van der Waals surface area contributed by atoms with E-state index in [1.54, 1.807) is 18.2 Å². The van der Waals surface area contributed by atoms with Crippen LogP contribution in [-0.4, -0.2) is 17.4 Å². The van der Waals surface area contributed by atoms with Gasteiger partial charge in [0.15, 0.2) is 0 Å². The minimum Gasteiger partial charge on any atom is -0.324 e. The van der Waals surface area contributed by atoms with Crippen LogP contribution in [0.2, 0.25) is 10.0 Å². The summed E-state index contributed by atoms with van der Waals surface area (Å²) in [6.45, 7) is 0. The number of rotatable bonds is 6. The van der Waals surface area contributed by atoms with E-state index in [4.69, 9.17) is 28.5 Å². The van der Waals surface area contributed by atoms with Crippen LogP contribution in [0, 0.1) is 11.3 Å². The fraction of sp³-hybridized carbons (Fsp3) is 0.333. The molecule has 0 saturated heterocycles. The van der Waals surface area contributed by atoms with Gasteiger partial charge in [-0.25, -0.2) is 0 Å². The van der Waals surface area contributed by atoms with Crippen LogP contribution in [0.5, 0.6) is 0 Å². The maximum absolute atomic E-state index is 11.6. The van der Waals surface area contributed by atoms with Crippen molar-refractivity contribution in [2.75, 3.05) is 16.8 Å². The Balaban J connectivity index is 2.34. The van der Waals surface area contributed by atoms with Gasteiger partial charge in [-0.05, 0) is 30.4 Å². The van der Waals surface area contributed by atoms with Gasteiger partial charge < -0.3 is 5.32 Å². The predicted molar refractivity (Wildman–Crippen MR) is 77.3 cm³/mol. The maximum Gasteiger partial charge on any atom is 0.234 e. The second kappa shape index (κ2) is 8.25. The average Bonchev–Trinajstić information content (AvgIpc) is 2.32. The zero-order chi connectivity index (χ0) is 13.4. The number of unbranched alkanes of at least 4 members (excludes halogenated alkanes) is 1. The van der Waals surface area contributed by atoms with E-state index in [0.717, 1.165) is 12.2 Å². The molecule has 96 valence electrons. The van der Waals surface area contributed by atoms with Crippen LogP contribution in [0.3, 0.4) is 0 Å². The SMILES string of the molecule is N#CCCCSCC(=O)Nc1ccc(Cl)cc1Cl. The molecule has 0 bridgehead atoms. The third-order valence-corrected chi connectivity index (χ3v) is 3.61. The summed E-state index contributed by atoms with van der Waals surface area (Å²) in [4.78, 5) is 11.6. The first kappa shape index (κ1) is 15.2. The van der Waals surface area contributed by atoms with Gasteiger partial charge in [-0.15, -0.1) is 0 Å². The molecule has 1 rings (SSSR count).